The maximum atomic E-state index is 12.8. The summed E-state index contributed by atoms with van der Waals surface area (Å²) >= 11 is 0. The standard InChI is InChI=1S/C20H22N4O/c1-12-4-6-18-15(8-12)9-17(14(3)22-18)20(25)23-16-5-7-19-21-13(2)10-24(19)11-16/h4,6,8-10,16H,5,7,11H2,1-3H3,(H,23,25)/t16-/m0/s1. The summed E-state index contributed by atoms with van der Waals surface area (Å²) < 4.78 is 2.15. The van der Waals surface area contributed by atoms with Crippen molar-refractivity contribution in [3.05, 3.63) is 58.8 Å². The zero-order valence-electron chi connectivity index (χ0n) is 14.8. The number of amides is 1. The molecule has 128 valence electrons. The number of nitrogens with one attached hydrogen (secondary N) is 1. The topological polar surface area (TPSA) is 59.8 Å². The van der Waals surface area contributed by atoms with E-state index in [1.54, 1.807) is 0 Å². The fourth-order valence-corrected chi connectivity index (χ4v) is 3.59. The average molecular weight is 334 g/mol. The zero-order chi connectivity index (χ0) is 17.6. The van der Waals surface area contributed by atoms with E-state index in [1.807, 2.05) is 39.0 Å². The number of aromatic nitrogens is 3. The molecule has 0 saturated carbocycles. The van der Waals surface area contributed by atoms with E-state index in [9.17, 15) is 4.79 Å². The number of imidazole rings is 1. The van der Waals surface area contributed by atoms with Crippen LogP contribution in [0.1, 0.15) is 39.6 Å². The largest absolute Gasteiger partial charge is 0.347 e. The zero-order valence-corrected chi connectivity index (χ0v) is 14.8. The molecule has 0 saturated heterocycles. The van der Waals surface area contributed by atoms with Crippen LogP contribution in [0.4, 0.5) is 0 Å². The number of carbonyl (C=O) groups excluding carboxylic acids is 1. The highest BCUT2D eigenvalue weighted by atomic mass is 16.1. The summed E-state index contributed by atoms with van der Waals surface area (Å²) in [6.45, 7) is 6.73. The summed E-state index contributed by atoms with van der Waals surface area (Å²) in [6, 6.07) is 8.20. The fraction of sp³-hybridized carbons (Fsp3) is 0.350. The molecule has 0 bridgehead atoms. The summed E-state index contributed by atoms with van der Waals surface area (Å²) in [5, 5.41) is 4.18. The molecule has 1 atom stereocenters. The third-order valence-electron chi connectivity index (χ3n) is 4.85. The van der Waals surface area contributed by atoms with Gasteiger partial charge < -0.3 is 9.88 Å². The predicted molar refractivity (Wildman–Crippen MR) is 97.8 cm³/mol. The highest BCUT2D eigenvalue weighted by Crippen LogP contribution is 2.19. The highest BCUT2D eigenvalue weighted by molar-refractivity contribution is 5.98. The Balaban J connectivity index is 1.57. The third-order valence-corrected chi connectivity index (χ3v) is 4.85. The first-order valence-corrected chi connectivity index (χ1v) is 8.71. The first-order chi connectivity index (χ1) is 12.0. The van der Waals surface area contributed by atoms with Crippen molar-refractivity contribution in [2.45, 2.75) is 46.2 Å². The number of nitrogens with zero attached hydrogens (tertiary/aromatic N) is 3. The van der Waals surface area contributed by atoms with E-state index in [2.05, 4.69) is 32.1 Å². The lowest BCUT2D eigenvalue weighted by atomic mass is 10.0. The summed E-state index contributed by atoms with van der Waals surface area (Å²) in [7, 11) is 0. The molecule has 4 rings (SSSR count). The third kappa shape index (κ3) is 3.02. The fourth-order valence-electron chi connectivity index (χ4n) is 3.59. The second-order valence-electron chi connectivity index (χ2n) is 6.98. The Kier molecular flexibility index (Phi) is 3.79. The number of carbonyl (C=O) groups is 1. The van der Waals surface area contributed by atoms with Crippen molar-refractivity contribution < 1.29 is 4.79 Å². The minimum Gasteiger partial charge on any atom is -0.347 e. The molecule has 1 aromatic carbocycles. The maximum Gasteiger partial charge on any atom is 0.253 e. The SMILES string of the molecule is Cc1ccc2nc(C)c(C(=O)N[C@H]3CCc4nc(C)cn4C3)cc2c1. The Hall–Kier alpha value is -2.69. The van der Waals surface area contributed by atoms with Crippen LogP contribution in [-0.2, 0) is 13.0 Å². The van der Waals surface area contributed by atoms with Gasteiger partial charge in [-0.3, -0.25) is 9.78 Å². The van der Waals surface area contributed by atoms with Crippen LogP contribution in [0.3, 0.4) is 0 Å². The first kappa shape index (κ1) is 15.8. The van der Waals surface area contributed by atoms with Gasteiger partial charge in [-0.05, 0) is 45.4 Å². The maximum absolute atomic E-state index is 12.8. The van der Waals surface area contributed by atoms with Crippen LogP contribution < -0.4 is 5.32 Å². The Labute approximate surface area is 147 Å². The van der Waals surface area contributed by atoms with Gasteiger partial charge in [-0.1, -0.05) is 11.6 Å². The van der Waals surface area contributed by atoms with Gasteiger partial charge >= 0.3 is 0 Å². The van der Waals surface area contributed by atoms with Crippen molar-refractivity contribution in [2.75, 3.05) is 0 Å². The lowest BCUT2D eigenvalue weighted by Gasteiger charge is -2.25. The van der Waals surface area contributed by atoms with Crippen LogP contribution in [-0.4, -0.2) is 26.5 Å². The van der Waals surface area contributed by atoms with E-state index in [4.69, 9.17) is 0 Å². The number of hydrogen-bond donors (Lipinski definition) is 1. The van der Waals surface area contributed by atoms with E-state index < -0.39 is 0 Å². The van der Waals surface area contributed by atoms with Crippen molar-refractivity contribution in [3.8, 4) is 0 Å². The molecule has 1 amide bonds. The van der Waals surface area contributed by atoms with Gasteiger partial charge in [0.25, 0.3) is 5.91 Å². The number of benzene rings is 1. The second-order valence-corrected chi connectivity index (χ2v) is 6.98. The highest BCUT2D eigenvalue weighted by Gasteiger charge is 2.22. The molecule has 0 unspecified atom stereocenters. The van der Waals surface area contributed by atoms with Crippen molar-refractivity contribution in [1.82, 2.24) is 19.9 Å². The molecule has 0 aliphatic carbocycles. The summed E-state index contributed by atoms with van der Waals surface area (Å²) in [4.78, 5) is 21.9. The number of rotatable bonds is 2. The summed E-state index contributed by atoms with van der Waals surface area (Å²) in [5.41, 5.74) is 4.55. The van der Waals surface area contributed by atoms with Gasteiger partial charge in [0.2, 0.25) is 0 Å². The Morgan fingerprint density at radius 1 is 1.20 bits per heavy atom. The molecular formula is C20H22N4O. The monoisotopic (exact) mass is 334 g/mol. The Morgan fingerprint density at radius 3 is 2.88 bits per heavy atom. The van der Waals surface area contributed by atoms with E-state index in [-0.39, 0.29) is 11.9 Å². The minimum atomic E-state index is -0.0429. The van der Waals surface area contributed by atoms with Gasteiger partial charge in [-0.2, -0.15) is 0 Å². The minimum absolute atomic E-state index is 0.0429. The molecular weight excluding hydrogens is 312 g/mol. The number of pyridine rings is 1. The first-order valence-electron chi connectivity index (χ1n) is 8.71. The lowest BCUT2D eigenvalue weighted by molar-refractivity contribution is 0.0926. The quantitative estimate of drug-likeness (QED) is 0.783. The van der Waals surface area contributed by atoms with Gasteiger partial charge in [0.1, 0.15) is 5.82 Å². The average Bonchev–Trinajstić information content (AvgIpc) is 2.93. The Bertz CT molecular complexity index is 973. The van der Waals surface area contributed by atoms with Crippen LogP contribution >= 0.6 is 0 Å². The molecule has 1 aliphatic rings. The molecule has 25 heavy (non-hydrogen) atoms. The molecule has 3 aromatic rings. The lowest BCUT2D eigenvalue weighted by Crippen LogP contribution is -2.41. The second kappa shape index (κ2) is 5.99. The number of hydrogen-bond acceptors (Lipinski definition) is 3. The van der Waals surface area contributed by atoms with Crippen molar-refractivity contribution >= 4 is 16.8 Å². The van der Waals surface area contributed by atoms with E-state index in [0.29, 0.717) is 5.56 Å². The molecule has 3 heterocycles. The van der Waals surface area contributed by atoms with Crippen molar-refractivity contribution in [1.29, 1.82) is 0 Å². The van der Waals surface area contributed by atoms with E-state index >= 15 is 0 Å². The van der Waals surface area contributed by atoms with Crippen LogP contribution in [0, 0.1) is 20.8 Å². The number of fused-ring (bicyclic) bond motifs is 2. The molecule has 2 aromatic heterocycles. The van der Waals surface area contributed by atoms with Gasteiger partial charge in [0, 0.05) is 30.6 Å². The van der Waals surface area contributed by atoms with Crippen LogP contribution in [0.5, 0.6) is 0 Å². The van der Waals surface area contributed by atoms with Gasteiger partial charge in [-0.15, -0.1) is 0 Å². The smallest absolute Gasteiger partial charge is 0.253 e. The van der Waals surface area contributed by atoms with Crippen molar-refractivity contribution in [3.63, 3.8) is 0 Å². The van der Waals surface area contributed by atoms with Crippen LogP contribution in [0.25, 0.3) is 10.9 Å². The van der Waals surface area contributed by atoms with Gasteiger partial charge in [0.05, 0.1) is 22.5 Å². The molecule has 5 nitrogen and oxygen atoms in total. The molecule has 0 spiro atoms. The van der Waals surface area contributed by atoms with E-state index in [0.717, 1.165) is 47.5 Å². The molecule has 0 fully saturated rings. The molecule has 0 radical (unpaired) electrons. The molecule has 1 aliphatic heterocycles. The van der Waals surface area contributed by atoms with Gasteiger partial charge in [-0.25, -0.2) is 4.98 Å². The number of aryl methyl sites for hydroxylation is 4. The molecule has 5 heteroatoms. The summed E-state index contributed by atoms with van der Waals surface area (Å²) in [5.74, 6) is 1.07. The Morgan fingerprint density at radius 2 is 2.04 bits per heavy atom. The van der Waals surface area contributed by atoms with Crippen molar-refractivity contribution in [2.24, 2.45) is 0 Å². The predicted octanol–water partition coefficient (Wildman–Crippen LogP) is 3.10. The van der Waals surface area contributed by atoms with Crippen LogP contribution in [0.15, 0.2) is 30.5 Å². The van der Waals surface area contributed by atoms with E-state index in [1.165, 1.54) is 5.56 Å². The van der Waals surface area contributed by atoms with Gasteiger partial charge in [0.15, 0.2) is 0 Å². The molecule has 1 N–H and O–H groups in total. The van der Waals surface area contributed by atoms with Crippen LogP contribution in [0.2, 0.25) is 0 Å². The summed E-state index contributed by atoms with van der Waals surface area (Å²) in [6.07, 6.45) is 3.87. The normalized spacial score (nSPS) is 16.7.